The van der Waals surface area contributed by atoms with Gasteiger partial charge >= 0.3 is 5.97 Å². The summed E-state index contributed by atoms with van der Waals surface area (Å²) in [4.78, 5) is 10.7. The van der Waals surface area contributed by atoms with Gasteiger partial charge in [0.25, 0.3) is 0 Å². The maximum Gasteiger partial charge on any atom is 0.332 e. The Balaban J connectivity index is 1.65. The maximum atomic E-state index is 10.7. The van der Waals surface area contributed by atoms with Crippen LogP contribution in [-0.2, 0) is 9.53 Å². The SMILES string of the molecule is CC(NCC1CCC(C(=O)O)O1)C1CC1. The Morgan fingerprint density at radius 3 is 2.73 bits per heavy atom. The summed E-state index contributed by atoms with van der Waals surface area (Å²) in [6, 6.07) is 0.553. The minimum absolute atomic E-state index is 0.0901. The minimum Gasteiger partial charge on any atom is -0.479 e. The lowest BCUT2D eigenvalue weighted by atomic mass is 10.1. The first-order chi connectivity index (χ1) is 7.16. The highest BCUT2D eigenvalue weighted by Gasteiger charge is 2.32. The maximum absolute atomic E-state index is 10.7. The van der Waals surface area contributed by atoms with Gasteiger partial charge in [0.15, 0.2) is 6.10 Å². The van der Waals surface area contributed by atoms with Crippen molar-refractivity contribution >= 4 is 5.97 Å². The van der Waals surface area contributed by atoms with Crippen molar-refractivity contribution < 1.29 is 14.6 Å². The topological polar surface area (TPSA) is 58.6 Å². The molecule has 1 saturated carbocycles. The molecule has 2 aliphatic rings. The Bertz CT molecular complexity index is 240. The third kappa shape index (κ3) is 2.92. The zero-order valence-electron chi connectivity index (χ0n) is 9.11. The molecule has 0 amide bonds. The highest BCUT2D eigenvalue weighted by molar-refractivity contribution is 5.72. The molecule has 0 aromatic carbocycles. The molecule has 2 rings (SSSR count). The van der Waals surface area contributed by atoms with Crippen LogP contribution in [0.4, 0.5) is 0 Å². The van der Waals surface area contributed by atoms with Gasteiger partial charge in [0.1, 0.15) is 0 Å². The quantitative estimate of drug-likeness (QED) is 0.715. The van der Waals surface area contributed by atoms with Crippen LogP contribution < -0.4 is 5.32 Å². The summed E-state index contributed by atoms with van der Waals surface area (Å²) in [6.45, 7) is 2.99. The normalized spacial score (nSPS) is 32.9. The second kappa shape index (κ2) is 4.49. The molecule has 1 aliphatic heterocycles. The van der Waals surface area contributed by atoms with Gasteiger partial charge in [-0.15, -0.1) is 0 Å². The fourth-order valence-electron chi connectivity index (χ4n) is 2.12. The lowest BCUT2D eigenvalue weighted by Crippen LogP contribution is -2.35. The van der Waals surface area contributed by atoms with Crippen molar-refractivity contribution in [3.05, 3.63) is 0 Å². The first kappa shape index (κ1) is 10.9. The zero-order chi connectivity index (χ0) is 10.8. The number of ether oxygens (including phenoxy) is 1. The Kier molecular flexibility index (Phi) is 3.26. The second-order valence-electron chi connectivity index (χ2n) is 4.70. The number of carbonyl (C=O) groups is 1. The zero-order valence-corrected chi connectivity index (χ0v) is 9.11. The van der Waals surface area contributed by atoms with Crippen LogP contribution in [0.2, 0.25) is 0 Å². The van der Waals surface area contributed by atoms with Crippen molar-refractivity contribution in [1.82, 2.24) is 5.32 Å². The third-order valence-electron chi connectivity index (χ3n) is 3.38. The van der Waals surface area contributed by atoms with E-state index in [4.69, 9.17) is 9.84 Å². The summed E-state index contributed by atoms with van der Waals surface area (Å²) < 4.78 is 5.41. The Morgan fingerprint density at radius 1 is 1.47 bits per heavy atom. The monoisotopic (exact) mass is 213 g/mol. The fourth-order valence-corrected chi connectivity index (χ4v) is 2.12. The summed E-state index contributed by atoms with van der Waals surface area (Å²) in [6.07, 6.45) is 3.69. The van der Waals surface area contributed by atoms with E-state index in [-0.39, 0.29) is 6.10 Å². The van der Waals surface area contributed by atoms with Crippen LogP contribution in [0.1, 0.15) is 32.6 Å². The molecule has 0 aromatic rings. The number of hydrogen-bond donors (Lipinski definition) is 2. The van der Waals surface area contributed by atoms with Gasteiger partial charge in [-0.3, -0.25) is 0 Å². The molecule has 1 heterocycles. The van der Waals surface area contributed by atoms with E-state index in [1.807, 2.05) is 0 Å². The van der Waals surface area contributed by atoms with E-state index < -0.39 is 12.1 Å². The standard InChI is InChI=1S/C11H19NO3/c1-7(8-2-3-8)12-6-9-4-5-10(15-9)11(13)14/h7-10,12H,2-6H2,1H3,(H,13,14). The van der Waals surface area contributed by atoms with Crippen LogP contribution in [0, 0.1) is 5.92 Å². The molecule has 4 nitrogen and oxygen atoms in total. The van der Waals surface area contributed by atoms with Gasteiger partial charge in [-0.25, -0.2) is 4.79 Å². The van der Waals surface area contributed by atoms with Crippen LogP contribution in [0.5, 0.6) is 0 Å². The predicted molar refractivity (Wildman–Crippen MR) is 55.7 cm³/mol. The average molecular weight is 213 g/mol. The molecule has 15 heavy (non-hydrogen) atoms. The van der Waals surface area contributed by atoms with Crippen LogP contribution in [-0.4, -0.2) is 35.9 Å². The van der Waals surface area contributed by atoms with Crippen molar-refractivity contribution in [1.29, 1.82) is 0 Å². The molecule has 2 N–H and O–H groups in total. The van der Waals surface area contributed by atoms with Crippen molar-refractivity contribution in [3.63, 3.8) is 0 Å². The van der Waals surface area contributed by atoms with Crippen LogP contribution in [0.3, 0.4) is 0 Å². The molecule has 3 atom stereocenters. The summed E-state index contributed by atoms with van der Waals surface area (Å²) in [5.74, 6) is 0.00872. The Hall–Kier alpha value is -0.610. The van der Waals surface area contributed by atoms with Gasteiger partial charge in [-0.05, 0) is 38.5 Å². The van der Waals surface area contributed by atoms with Gasteiger partial charge in [-0.1, -0.05) is 0 Å². The molecule has 3 unspecified atom stereocenters. The highest BCUT2D eigenvalue weighted by Crippen LogP contribution is 2.32. The van der Waals surface area contributed by atoms with E-state index >= 15 is 0 Å². The van der Waals surface area contributed by atoms with Gasteiger partial charge in [0.05, 0.1) is 6.10 Å². The molecule has 1 saturated heterocycles. The predicted octanol–water partition coefficient (Wildman–Crippen LogP) is 1.01. The molecule has 4 heteroatoms. The number of carboxylic acid groups (broad SMARTS) is 1. The van der Waals surface area contributed by atoms with E-state index in [1.165, 1.54) is 12.8 Å². The van der Waals surface area contributed by atoms with Crippen LogP contribution in [0.25, 0.3) is 0 Å². The Morgan fingerprint density at radius 2 is 2.20 bits per heavy atom. The first-order valence-electron chi connectivity index (χ1n) is 5.78. The number of carboxylic acids is 1. The molecule has 0 spiro atoms. The second-order valence-corrected chi connectivity index (χ2v) is 4.70. The molecule has 0 aromatic heterocycles. The summed E-state index contributed by atoms with van der Waals surface area (Å²) in [5, 5.41) is 12.2. The van der Waals surface area contributed by atoms with E-state index in [1.54, 1.807) is 0 Å². The van der Waals surface area contributed by atoms with Gasteiger partial charge in [0.2, 0.25) is 0 Å². The number of hydrogen-bond acceptors (Lipinski definition) is 3. The molecular weight excluding hydrogens is 194 g/mol. The molecule has 0 bridgehead atoms. The molecule has 2 fully saturated rings. The lowest BCUT2D eigenvalue weighted by molar-refractivity contribution is -0.149. The summed E-state index contributed by atoms with van der Waals surface area (Å²) in [5.41, 5.74) is 0. The van der Waals surface area contributed by atoms with E-state index in [2.05, 4.69) is 12.2 Å². The number of aliphatic carboxylic acids is 1. The van der Waals surface area contributed by atoms with Crippen molar-refractivity contribution in [2.24, 2.45) is 5.92 Å². The van der Waals surface area contributed by atoms with Gasteiger partial charge in [-0.2, -0.15) is 0 Å². The van der Waals surface area contributed by atoms with Crippen LogP contribution >= 0.6 is 0 Å². The van der Waals surface area contributed by atoms with Crippen molar-refractivity contribution in [2.45, 2.75) is 50.9 Å². The van der Waals surface area contributed by atoms with Crippen molar-refractivity contribution in [2.75, 3.05) is 6.54 Å². The molecular formula is C11H19NO3. The average Bonchev–Trinajstić information content (AvgIpc) is 2.93. The smallest absolute Gasteiger partial charge is 0.332 e. The number of nitrogens with one attached hydrogen (secondary N) is 1. The van der Waals surface area contributed by atoms with Gasteiger partial charge < -0.3 is 15.2 Å². The lowest BCUT2D eigenvalue weighted by Gasteiger charge is -2.16. The molecule has 0 radical (unpaired) electrons. The van der Waals surface area contributed by atoms with E-state index in [9.17, 15) is 4.79 Å². The molecule has 86 valence electrons. The fraction of sp³-hybridized carbons (Fsp3) is 0.909. The third-order valence-corrected chi connectivity index (χ3v) is 3.38. The van der Waals surface area contributed by atoms with E-state index in [0.29, 0.717) is 12.5 Å². The van der Waals surface area contributed by atoms with Gasteiger partial charge in [0, 0.05) is 12.6 Å². The number of rotatable bonds is 5. The largest absolute Gasteiger partial charge is 0.479 e. The Labute approximate surface area is 90.0 Å². The van der Waals surface area contributed by atoms with Crippen molar-refractivity contribution in [3.8, 4) is 0 Å². The summed E-state index contributed by atoms with van der Waals surface area (Å²) >= 11 is 0. The molecule has 1 aliphatic carbocycles. The highest BCUT2D eigenvalue weighted by atomic mass is 16.5. The van der Waals surface area contributed by atoms with Crippen LogP contribution in [0.15, 0.2) is 0 Å². The first-order valence-corrected chi connectivity index (χ1v) is 5.78. The summed E-state index contributed by atoms with van der Waals surface area (Å²) in [7, 11) is 0. The van der Waals surface area contributed by atoms with E-state index in [0.717, 1.165) is 18.9 Å². The minimum atomic E-state index is -0.826.